The van der Waals surface area contributed by atoms with Gasteiger partial charge in [-0.05, 0) is 5.92 Å². The Morgan fingerprint density at radius 1 is 1.57 bits per heavy atom. The normalized spacial score (nSPS) is 26.1. The van der Waals surface area contributed by atoms with Crippen LogP contribution in [0, 0.1) is 11.8 Å². The minimum Gasteiger partial charge on any atom is -0.347 e. The van der Waals surface area contributed by atoms with Crippen LogP contribution in [-0.2, 0) is 11.8 Å². The number of hydrogen-bond donors (Lipinski definition) is 1. The molecule has 1 aliphatic rings. The molecule has 0 saturated carbocycles. The number of aromatic nitrogens is 3. The number of β-lactam (4-membered cyclic amide) rings is 1. The minimum atomic E-state index is 0.0622. The Hall–Kier alpha value is -1.39. The van der Waals surface area contributed by atoms with Gasteiger partial charge in [0, 0.05) is 7.05 Å². The topological polar surface area (TPSA) is 59.8 Å². The number of hydrogen-bond acceptors (Lipinski definition) is 3. The number of carbonyl (C=O) groups is 1. The average Bonchev–Trinajstić information content (AvgIpc) is 2.45. The van der Waals surface area contributed by atoms with Crippen molar-refractivity contribution in [1.29, 1.82) is 0 Å². The van der Waals surface area contributed by atoms with E-state index in [1.165, 1.54) is 0 Å². The molecule has 0 aromatic carbocycles. The summed E-state index contributed by atoms with van der Waals surface area (Å²) in [4.78, 5) is 11.3. The van der Waals surface area contributed by atoms with Crippen LogP contribution in [0.15, 0.2) is 6.20 Å². The molecule has 1 aromatic heterocycles. The third-order valence-electron chi connectivity index (χ3n) is 2.75. The van der Waals surface area contributed by atoms with Crippen molar-refractivity contribution < 1.29 is 4.79 Å². The van der Waals surface area contributed by atoms with Gasteiger partial charge in [0.2, 0.25) is 5.91 Å². The van der Waals surface area contributed by atoms with Crippen LogP contribution in [0.25, 0.3) is 0 Å². The molecular weight excluding hydrogens is 180 g/mol. The number of nitrogens with zero attached hydrogens (tertiary/aromatic N) is 3. The molecule has 1 N–H and O–H groups in total. The summed E-state index contributed by atoms with van der Waals surface area (Å²) >= 11 is 0. The predicted molar refractivity (Wildman–Crippen MR) is 50.2 cm³/mol. The van der Waals surface area contributed by atoms with Gasteiger partial charge in [0.15, 0.2) is 0 Å². The van der Waals surface area contributed by atoms with Gasteiger partial charge in [-0.1, -0.05) is 19.1 Å². The average molecular weight is 194 g/mol. The van der Waals surface area contributed by atoms with Crippen molar-refractivity contribution in [3.63, 3.8) is 0 Å². The van der Waals surface area contributed by atoms with Crippen LogP contribution in [0.3, 0.4) is 0 Å². The molecule has 5 heteroatoms. The van der Waals surface area contributed by atoms with Crippen molar-refractivity contribution in [3.8, 4) is 0 Å². The van der Waals surface area contributed by atoms with E-state index in [9.17, 15) is 4.79 Å². The summed E-state index contributed by atoms with van der Waals surface area (Å²) < 4.78 is 1.71. The molecule has 2 heterocycles. The number of aryl methyl sites for hydroxylation is 1. The molecule has 0 bridgehead atoms. The molecular formula is C9H14N4O. The van der Waals surface area contributed by atoms with E-state index < -0.39 is 0 Å². The molecule has 2 rings (SSSR count). The van der Waals surface area contributed by atoms with Gasteiger partial charge >= 0.3 is 0 Å². The van der Waals surface area contributed by atoms with Crippen LogP contribution in [0.4, 0.5) is 0 Å². The van der Waals surface area contributed by atoms with E-state index in [4.69, 9.17) is 0 Å². The fraction of sp³-hybridized carbons (Fsp3) is 0.667. The molecule has 0 aliphatic carbocycles. The summed E-state index contributed by atoms with van der Waals surface area (Å²) in [5.41, 5.74) is 0.975. The van der Waals surface area contributed by atoms with Crippen LogP contribution in [0.5, 0.6) is 0 Å². The second-order valence-corrected chi connectivity index (χ2v) is 4.04. The lowest BCUT2D eigenvalue weighted by molar-refractivity contribution is -0.137. The molecule has 1 fully saturated rings. The zero-order chi connectivity index (χ0) is 10.3. The van der Waals surface area contributed by atoms with E-state index in [0.717, 1.165) is 5.69 Å². The van der Waals surface area contributed by atoms with Crippen molar-refractivity contribution in [2.24, 2.45) is 18.9 Å². The Balaban J connectivity index is 2.22. The maximum atomic E-state index is 11.3. The summed E-state index contributed by atoms with van der Waals surface area (Å²) in [6.07, 6.45) is 1.71. The Kier molecular flexibility index (Phi) is 2.02. The molecule has 2 unspecified atom stereocenters. The molecule has 1 aromatic rings. The van der Waals surface area contributed by atoms with Crippen molar-refractivity contribution >= 4 is 5.91 Å². The summed E-state index contributed by atoms with van der Waals surface area (Å²) in [7, 11) is 1.84. The van der Waals surface area contributed by atoms with Crippen LogP contribution in [0.2, 0.25) is 0 Å². The van der Waals surface area contributed by atoms with Gasteiger partial charge in [0.25, 0.3) is 0 Å². The van der Waals surface area contributed by atoms with E-state index >= 15 is 0 Å². The first kappa shape index (κ1) is 9.18. The zero-order valence-electron chi connectivity index (χ0n) is 8.56. The van der Waals surface area contributed by atoms with Crippen LogP contribution in [-0.4, -0.2) is 20.9 Å². The SMILES string of the molecule is CC(C)C1C(=O)NC1c1cnnn1C. The highest BCUT2D eigenvalue weighted by Gasteiger charge is 2.43. The lowest BCUT2D eigenvalue weighted by Crippen LogP contribution is -2.54. The predicted octanol–water partition coefficient (Wildman–Crippen LogP) is 0.258. The molecule has 5 nitrogen and oxygen atoms in total. The van der Waals surface area contributed by atoms with Crippen molar-refractivity contribution in [1.82, 2.24) is 20.3 Å². The second-order valence-electron chi connectivity index (χ2n) is 4.04. The molecule has 1 amide bonds. The number of rotatable bonds is 2. The quantitative estimate of drug-likeness (QED) is 0.687. The lowest BCUT2D eigenvalue weighted by Gasteiger charge is -2.38. The zero-order valence-corrected chi connectivity index (χ0v) is 8.56. The Labute approximate surface area is 82.5 Å². The smallest absolute Gasteiger partial charge is 0.226 e. The molecule has 2 atom stereocenters. The van der Waals surface area contributed by atoms with Crippen molar-refractivity contribution in [2.45, 2.75) is 19.9 Å². The van der Waals surface area contributed by atoms with E-state index in [-0.39, 0.29) is 17.9 Å². The number of carbonyl (C=O) groups excluding carboxylic acids is 1. The summed E-state index contributed by atoms with van der Waals surface area (Å²) in [5.74, 6) is 0.544. The number of nitrogens with one attached hydrogen (secondary N) is 1. The van der Waals surface area contributed by atoms with Gasteiger partial charge in [-0.2, -0.15) is 0 Å². The number of amides is 1. The van der Waals surface area contributed by atoms with E-state index in [2.05, 4.69) is 29.5 Å². The van der Waals surface area contributed by atoms with Gasteiger partial charge in [-0.15, -0.1) is 5.10 Å². The third kappa shape index (κ3) is 1.20. The summed E-state index contributed by atoms with van der Waals surface area (Å²) in [6, 6.07) is 0.0856. The van der Waals surface area contributed by atoms with Gasteiger partial charge in [-0.25, -0.2) is 0 Å². The van der Waals surface area contributed by atoms with Gasteiger partial charge in [0.05, 0.1) is 23.9 Å². The maximum absolute atomic E-state index is 11.3. The first-order valence-electron chi connectivity index (χ1n) is 4.76. The molecule has 0 spiro atoms. The van der Waals surface area contributed by atoms with E-state index in [1.807, 2.05) is 7.05 Å². The van der Waals surface area contributed by atoms with Crippen molar-refractivity contribution in [2.75, 3.05) is 0 Å². The van der Waals surface area contributed by atoms with Crippen LogP contribution < -0.4 is 5.32 Å². The fourth-order valence-electron chi connectivity index (χ4n) is 1.92. The Morgan fingerprint density at radius 3 is 2.71 bits per heavy atom. The first-order chi connectivity index (χ1) is 6.61. The van der Waals surface area contributed by atoms with Gasteiger partial charge in [0.1, 0.15) is 0 Å². The van der Waals surface area contributed by atoms with E-state index in [1.54, 1.807) is 10.9 Å². The summed E-state index contributed by atoms with van der Waals surface area (Å²) in [6.45, 7) is 4.11. The Bertz CT molecular complexity index is 357. The molecule has 1 aliphatic heterocycles. The maximum Gasteiger partial charge on any atom is 0.226 e. The Morgan fingerprint density at radius 2 is 2.29 bits per heavy atom. The monoisotopic (exact) mass is 194 g/mol. The second kappa shape index (κ2) is 3.08. The third-order valence-corrected chi connectivity index (χ3v) is 2.75. The first-order valence-corrected chi connectivity index (χ1v) is 4.76. The summed E-state index contributed by atoms with van der Waals surface area (Å²) in [5, 5.41) is 10.5. The van der Waals surface area contributed by atoms with Crippen molar-refractivity contribution in [3.05, 3.63) is 11.9 Å². The van der Waals surface area contributed by atoms with Crippen LogP contribution >= 0.6 is 0 Å². The molecule has 76 valence electrons. The highest BCUT2D eigenvalue weighted by atomic mass is 16.2. The molecule has 14 heavy (non-hydrogen) atoms. The highest BCUT2D eigenvalue weighted by molar-refractivity contribution is 5.86. The minimum absolute atomic E-state index is 0.0622. The molecule has 0 radical (unpaired) electrons. The molecule has 1 saturated heterocycles. The fourth-order valence-corrected chi connectivity index (χ4v) is 1.92. The standard InChI is InChI=1S/C9H14N4O/c1-5(2)7-8(11-9(7)14)6-4-10-12-13(6)3/h4-5,7-8H,1-3H3,(H,11,14). The highest BCUT2D eigenvalue weighted by Crippen LogP contribution is 2.34. The lowest BCUT2D eigenvalue weighted by atomic mass is 9.80. The largest absolute Gasteiger partial charge is 0.347 e. The van der Waals surface area contributed by atoms with E-state index in [0.29, 0.717) is 5.92 Å². The van der Waals surface area contributed by atoms with Gasteiger partial charge in [-0.3, -0.25) is 9.48 Å². The van der Waals surface area contributed by atoms with Crippen LogP contribution in [0.1, 0.15) is 25.6 Å². The van der Waals surface area contributed by atoms with Gasteiger partial charge < -0.3 is 5.32 Å².